The molecule has 0 bridgehead atoms. The molecular formula is C12H14BrN5OS. The van der Waals surface area contributed by atoms with Crippen molar-refractivity contribution in [2.24, 2.45) is 7.05 Å². The van der Waals surface area contributed by atoms with E-state index in [0.717, 1.165) is 20.7 Å². The summed E-state index contributed by atoms with van der Waals surface area (Å²) < 4.78 is 2.41. The first kappa shape index (κ1) is 15.0. The fraction of sp³-hybridized carbons (Fsp3) is 0.333. The van der Waals surface area contributed by atoms with Crippen molar-refractivity contribution < 1.29 is 4.79 Å². The second-order valence-electron chi connectivity index (χ2n) is 4.06. The van der Waals surface area contributed by atoms with E-state index in [1.165, 1.54) is 4.68 Å². The minimum Gasteiger partial charge on any atom is -0.289 e. The van der Waals surface area contributed by atoms with Crippen molar-refractivity contribution in [3.63, 3.8) is 0 Å². The molecule has 2 aromatic rings. The van der Waals surface area contributed by atoms with Crippen molar-refractivity contribution in [3.8, 4) is 0 Å². The van der Waals surface area contributed by atoms with Gasteiger partial charge in [0.2, 0.25) is 5.95 Å². The fourth-order valence-corrected chi connectivity index (χ4v) is 3.32. The Balaban J connectivity index is 2.31. The highest BCUT2D eigenvalue weighted by Crippen LogP contribution is 2.32. The number of rotatable bonds is 4. The van der Waals surface area contributed by atoms with E-state index in [-0.39, 0.29) is 5.91 Å². The lowest BCUT2D eigenvalue weighted by atomic mass is 10.1. The van der Waals surface area contributed by atoms with Crippen molar-refractivity contribution in [2.45, 2.75) is 18.7 Å². The van der Waals surface area contributed by atoms with Crippen LogP contribution in [-0.4, -0.2) is 31.9 Å². The van der Waals surface area contributed by atoms with Gasteiger partial charge in [0.05, 0.1) is 0 Å². The predicted molar refractivity (Wildman–Crippen MR) is 82.0 cm³/mol. The summed E-state index contributed by atoms with van der Waals surface area (Å²) in [5, 5.41) is 13.6. The normalized spacial score (nSPS) is 10.6. The van der Waals surface area contributed by atoms with Crippen molar-refractivity contribution >= 4 is 39.5 Å². The van der Waals surface area contributed by atoms with Crippen molar-refractivity contribution in [1.29, 1.82) is 0 Å². The van der Waals surface area contributed by atoms with Gasteiger partial charge in [0, 0.05) is 22.0 Å². The lowest BCUT2D eigenvalue weighted by molar-refractivity contribution is 0.102. The number of halogens is 1. The number of aromatic nitrogens is 4. The third-order valence-electron chi connectivity index (χ3n) is 2.74. The summed E-state index contributed by atoms with van der Waals surface area (Å²) >= 11 is 5.21. The number of thioether (sulfide) groups is 1. The Morgan fingerprint density at radius 2 is 2.25 bits per heavy atom. The van der Waals surface area contributed by atoms with E-state index in [1.54, 1.807) is 24.9 Å². The molecule has 8 heteroatoms. The minimum atomic E-state index is -0.217. The minimum absolute atomic E-state index is 0.217. The molecule has 0 fully saturated rings. The van der Waals surface area contributed by atoms with E-state index in [9.17, 15) is 4.79 Å². The number of carbonyl (C=O) groups is 1. The molecule has 1 aromatic heterocycles. The van der Waals surface area contributed by atoms with Gasteiger partial charge in [0.25, 0.3) is 5.91 Å². The summed E-state index contributed by atoms with van der Waals surface area (Å²) in [5.41, 5.74) is 1.56. The molecule has 0 aliphatic carbocycles. The van der Waals surface area contributed by atoms with Crippen LogP contribution in [0.25, 0.3) is 0 Å². The van der Waals surface area contributed by atoms with Gasteiger partial charge in [0.15, 0.2) is 0 Å². The lowest BCUT2D eigenvalue weighted by Crippen LogP contribution is -2.17. The van der Waals surface area contributed by atoms with Crippen LogP contribution in [0.15, 0.2) is 21.5 Å². The molecule has 0 radical (unpaired) electrons. The molecule has 0 unspecified atom stereocenters. The van der Waals surface area contributed by atoms with Crippen LogP contribution in [0.4, 0.5) is 5.95 Å². The third kappa shape index (κ3) is 3.01. The number of anilines is 1. The zero-order chi connectivity index (χ0) is 14.7. The predicted octanol–water partition coefficient (Wildman–Crippen LogP) is 2.65. The number of hydrogen-bond acceptors (Lipinski definition) is 5. The Labute approximate surface area is 129 Å². The van der Waals surface area contributed by atoms with Gasteiger partial charge in [-0.1, -0.05) is 12.0 Å². The standard InChI is InChI=1S/C12H14BrN5OS/c1-4-20-10-7(2)8(5-6-9(10)13)11(19)14-12-15-16-17-18(12)3/h5-6H,4H2,1-3H3,(H,14,15,17,19). The summed E-state index contributed by atoms with van der Waals surface area (Å²) in [7, 11) is 1.67. The van der Waals surface area contributed by atoms with E-state index in [0.29, 0.717) is 11.5 Å². The molecule has 0 saturated carbocycles. The molecular weight excluding hydrogens is 342 g/mol. The molecule has 20 heavy (non-hydrogen) atoms. The smallest absolute Gasteiger partial charge is 0.258 e. The van der Waals surface area contributed by atoms with Crippen molar-refractivity contribution in [3.05, 3.63) is 27.7 Å². The number of carbonyl (C=O) groups excluding carboxylic acids is 1. The van der Waals surface area contributed by atoms with E-state index in [1.807, 2.05) is 13.0 Å². The molecule has 0 atom stereocenters. The highest BCUT2D eigenvalue weighted by molar-refractivity contribution is 9.10. The molecule has 1 N–H and O–H groups in total. The Morgan fingerprint density at radius 1 is 1.50 bits per heavy atom. The van der Waals surface area contributed by atoms with Crippen LogP contribution in [0.2, 0.25) is 0 Å². The monoisotopic (exact) mass is 355 g/mol. The molecule has 1 heterocycles. The Morgan fingerprint density at radius 3 is 2.85 bits per heavy atom. The number of hydrogen-bond donors (Lipinski definition) is 1. The SMILES string of the molecule is CCSc1c(Br)ccc(C(=O)Nc2nnnn2C)c1C. The first-order valence-electron chi connectivity index (χ1n) is 6.00. The summed E-state index contributed by atoms with van der Waals surface area (Å²) in [4.78, 5) is 13.4. The maximum atomic E-state index is 12.3. The molecule has 6 nitrogen and oxygen atoms in total. The number of nitrogens with one attached hydrogen (secondary N) is 1. The van der Waals surface area contributed by atoms with Gasteiger partial charge in [-0.25, -0.2) is 4.68 Å². The van der Waals surface area contributed by atoms with Crippen LogP contribution in [0.3, 0.4) is 0 Å². The first-order chi connectivity index (χ1) is 9.54. The van der Waals surface area contributed by atoms with Crippen LogP contribution >= 0.6 is 27.7 Å². The van der Waals surface area contributed by atoms with E-state index in [2.05, 4.69) is 43.7 Å². The molecule has 0 aliphatic rings. The van der Waals surface area contributed by atoms with Crippen LogP contribution in [0, 0.1) is 6.92 Å². The molecule has 0 spiro atoms. The van der Waals surface area contributed by atoms with Gasteiger partial charge in [0.1, 0.15) is 0 Å². The van der Waals surface area contributed by atoms with Crippen LogP contribution < -0.4 is 5.32 Å². The van der Waals surface area contributed by atoms with Gasteiger partial charge >= 0.3 is 0 Å². The molecule has 1 aromatic carbocycles. The summed E-state index contributed by atoms with van der Waals surface area (Å²) in [6.07, 6.45) is 0. The Kier molecular flexibility index (Phi) is 4.77. The largest absolute Gasteiger partial charge is 0.289 e. The lowest BCUT2D eigenvalue weighted by Gasteiger charge is -2.12. The molecule has 0 saturated heterocycles. The zero-order valence-corrected chi connectivity index (χ0v) is 13.7. The maximum absolute atomic E-state index is 12.3. The van der Waals surface area contributed by atoms with E-state index < -0.39 is 0 Å². The quantitative estimate of drug-likeness (QED) is 0.853. The van der Waals surface area contributed by atoms with Gasteiger partial charge < -0.3 is 0 Å². The van der Waals surface area contributed by atoms with Crippen molar-refractivity contribution in [2.75, 3.05) is 11.1 Å². The highest BCUT2D eigenvalue weighted by atomic mass is 79.9. The average molecular weight is 356 g/mol. The average Bonchev–Trinajstić information content (AvgIpc) is 2.80. The maximum Gasteiger partial charge on any atom is 0.258 e. The van der Waals surface area contributed by atoms with Crippen LogP contribution in [0.1, 0.15) is 22.8 Å². The molecule has 1 amide bonds. The number of aryl methyl sites for hydroxylation is 1. The summed E-state index contributed by atoms with van der Waals surface area (Å²) in [6.45, 7) is 4.01. The van der Waals surface area contributed by atoms with Gasteiger partial charge in [-0.2, -0.15) is 0 Å². The van der Waals surface area contributed by atoms with Crippen molar-refractivity contribution in [1.82, 2.24) is 20.2 Å². The summed E-state index contributed by atoms with van der Waals surface area (Å²) in [5.74, 6) is 1.05. The molecule has 2 rings (SSSR count). The Bertz CT molecular complexity index is 643. The second-order valence-corrected chi connectivity index (χ2v) is 6.19. The first-order valence-corrected chi connectivity index (χ1v) is 7.78. The van der Waals surface area contributed by atoms with Crippen LogP contribution in [-0.2, 0) is 7.05 Å². The van der Waals surface area contributed by atoms with Gasteiger partial charge in [-0.15, -0.1) is 11.8 Å². The fourth-order valence-electron chi connectivity index (χ4n) is 1.73. The van der Waals surface area contributed by atoms with E-state index >= 15 is 0 Å². The number of nitrogens with zero attached hydrogens (tertiary/aromatic N) is 4. The molecule has 0 aliphatic heterocycles. The number of tetrazole rings is 1. The van der Waals surface area contributed by atoms with E-state index in [4.69, 9.17) is 0 Å². The summed E-state index contributed by atoms with van der Waals surface area (Å²) in [6, 6.07) is 3.67. The number of benzene rings is 1. The second kappa shape index (κ2) is 6.36. The van der Waals surface area contributed by atoms with Gasteiger partial charge in [-0.3, -0.25) is 10.1 Å². The Hall–Kier alpha value is -1.41. The topological polar surface area (TPSA) is 72.7 Å². The highest BCUT2D eigenvalue weighted by Gasteiger charge is 2.16. The number of amides is 1. The van der Waals surface area contributed by atoms with Crippen LogP contribution in [0.5, 0.6) is 0 Å². The molecule has 106 valence electrons. The van der Waals surface area contributed by atoms with Gasteiger partial charge in [-0.05, 0) is 56.7 Å². The third-order valence-corrected chi connectivity index (χ3v) is 4.76. The zero-order valence-electron chi connectivity index (χ0n) is 11.3.